The van der Waals surface area contributed by atoms with Crippen LogP contribution in [0.1, 0.15) is 0 Å². The highest BCUT2D eigenvalue weighted by atomic mass is 32.1. The SMILES string of the molecule is c1ccc(-c2ccc(-c3cccnc3)c(-n3c4ccc(-c5cccnc5)cc4c4ccc(-c5nc6ccccc6s5)cc43)c2)nc1. The summed E-state index contributed by atoms with van der Waals surface area (Å²) in [5.74, 6) is 0. The van der Waals surface area contributed by atoms with Crippen LogP contribution >= 0.6 is 11.3 Å². The smallest absolute Gasteiger partial charge is 0.124 e. The van der Waals surface area contributed by atoms with Crippen molar-refractivity contribution in [1.29, 1.82) is 0 Å². The third-order valence-corrected chi connectivity index (χ3v) is 9.56. The zero-order chi connectivity index (χ0) is 30.5. The van der Waals surface area contributed by atoms with E-state index in [-0.39, 0.29) is 0 Å². The number of benzene rings is 4. The van der Waals surface area contributed by atoms with E-state index in [1.54, 1.807) is 11.3 Å². The predicted octanol–water partition coefficient (Wildman–Crippen LogP) is 10.2. The Kier molecular flexibility index (Phi) is 6.25. The van der Waals surface area contributed by atoms with Gasteiger partial charge in [-0.25, -0.2) is 4.98 Å². The number of hydrogen-bond donors (Lipinski definition) is 0. The molecule has 0 bridgehead atoms. The van der Waals surface area contributed by atoms with E-state index in [0.717, 1.165) is 66.3 Å². The number of thiazole rings is 1. The Labute approximate surface area is 269 Å². The minimum absolute atomic E-state index is 0.927. The second-order valence-corrected chi connectivity index (χ2v) is 12.2. The Morgan fingerprint density at radius 1 is 0.522 bits per heavy atom. The largest absolute Gasteiger partial charge is 0.309 e. The van der Waals surface area contributed by atoms with Gasteiger partial charge in [-0.05, 0) is 66.2 Å². The maximum atomic E-state index is 5.00. The topological polar surface area (TPSA) is 56.5 Å². The molecule has 0 amide bonds. The molecule has 216 valence electrons. The van der Waals surface area contributed by atoms with Crippen molar-refractivity contribution in [2.75, 3.05) is 0 Å². The highest BCUT2D eigenvalue weighted by Gasteiger charge is 2.19. The van der Waals surface area contributed by atoms with Crippen molar-refractivity contribution in [1.82, 2.24) is 24.5 Å². The van der Waals surface area contributed by atoms with Gasteiger partial charge in [-0.2, -0.15) is 0 Å². The van der Waals surface area contributed by atoms with Crippen LogP contribution < -0.4 is 0 Å². The second-order valence-electron chi connectivity index (χ2n) is 11.2. The Morgan fingerprint density at radius 3 is 2.13 bits per heavy atom. The van der Waals surface area contributed by atoms with Crippen LogP contribution in [0.25, 0.3) is 81.8 Å². The third kappa shape index (κ3) is 4.47. The average molecular weight is 608 g/mol. The van der Waals surface area contributed by atoms with Crippen LogP contribution in [-0.4, -0.2) is 24.5 Å². The van der Waals surface area contributed by atoms with Crippen LogP contribution in [0.5, 0.6) is 0 Å². The highest BCUT2D eigenvalue weighted by Crippen LogP contribution is 2.41. The highest BCUT2D eigenvalue weighted by molar-refractivity contribution is 7.21. The lowest BCUT2D eigenvalue weighted by Gasteiger charge is -2.16. The molecule has 0 saturated carbocycles. The van der Waals surface area contributed by atoms with Crippen LogP contribution in [-0.2, 0) is 0 Å². The second kappa shape index (κ2) is 10.9. The Bertz CT molecular complexity index is 2490. The van der Waals surface area contributed by atoms with Gasteiger partial charge >= 0.3 is 0 Å². The van der Waals surface area contributed by atoms with Crippen molar-refractivity contribution in [3.8, 4) is 49.8 Å². The number of nitrogens with zero attached hydrogens (tertiary/aromatic N) is 5. The molecule has 0 radical (unpaired) electrons. The molecule has 0 spiro atoms. The monoisotopic (exact) mass is 607 g/mol. The van der Waals surface area contributed by atoms with Gasteiger partial charge in [-0.1, -0.05) is 60.7 Å². The van der Waals surface area contributed by atoms with E-state index in [4.69, 9.17) is 4.98 Å². The van der Waals surface area contributed by atoms with Crippen LogP contribution in [0.15, 0.2) is 152 Å². The van der Waals surface area contributed by atoms with Gasteiger partial charge in [0.25, 0.3) is 0 Å². The molecule has 0 aliphatic carbocycles. The van der Waals surface area contributed by atoms with Crippen molar-refractivity contribution in [3.05, 3.63) is 152 Å². The molecular formula is C40H25N5S. The molecule has 5 aromatic heterocycles. The molecule has 6 heteroatoms. The predicted molar refractivity (Wildman–Crippen MR) is 189 cm³/mol. The first-order chi connectivity index (χ1) is 22.8. The van der Waals surface area contributed by atoms with E-state index in [9.17, 15) is 0 Å². The molecular weight excluding hydrogens is 583 g/mol. The fourth-order valence-corrected chi connectivity index (χ4v) is 7.26. The van der Waals surface area contributed by atoms with Crippen molar-refractivity contribution < 1.29 is 0 Å². The Balaban J connectivity index is 1.36. The van der Waals surface area contributed by atoms with Crippen LogP contribution in [0.4, 0.5) is 0 Å². The van der Waals surface area contributed by atoms with E-state index in [1.807, 2.05) is 61.3 Å². The van der Waals surface area contributed by atoms with Gasteiger partial charge < -0.3 is 4.57 Å². The zero-order valence-electron chi connectivity index (χ0n) is 24.6. The molecule has 0 aliphatic heterocycles. The lowest BCUT2D eigenvalue weighted by atomic mass is 10.0. The standard InChI is InChI=1S/C40H25N5S/c1-2-11-39-35(10-1)44-40(46-39)28-13-16-32-33-21-26(29-7-5-18-41-24-29)14-17-36(33)45(38(32)23-28)37-22-27(34-9-3-4-20-43-34)12-15-31(37)30-8-6-19-42-25-30/h1-25H. The van der Waals surface area contributed by atoms with Gasteiger partial charge in [-0.3, -0.25) is 15.0 Å². The van der Waals surface area contributed by atoms with E-state index < -0.39 is 0 Å². The lowest BCUT2D eigenvalue weighted by molar-refractivity contribution is 1.18. The normalized spacial score (nSPS) is 11.5. The van der Waals surface area contributed by atoms with Gasteiger partial charge in [0.1, 0.15) is 5.01 Å². The van der Waals surface area contributed by atoms with E-state index >= 15 is 0 Å². The summed E-state index contributed by atoms with van der Waals surface area (Å²) >= 11 is 1.72. The van der Waals surface area contributed by atoms with Crippen LogP contribution in [0.2, 0.25) is 0 Å². The number of fused-ring (bicyclic) bond motifs is 4. The molecule has 0 N–H and O–H groups in total. The fourth-order valence-electron chi connectivity index (χ4n) is 6.30. The minimum Gasteiger partial charge on any atom is -0.309 e. The molecule has 0 atom stereocenters. The van der Waals surface area contributed by atoms with E-state index in [1.165, 1.54) is 15.5 Å². The van der Waals surface area contributed by atoms with Gasteiger partial charge in [0.15, 0.2) is 0 Å². The van der Waals surface area contributed by atoms with Crippen molar-refractivity contribution in [2.45, 2.75) is 0 Å². The van der Waals surface area contributed by atoms with Gasteiger partial charge in [0.2, 0.25) is 0 Å². The quantitative estimate of drug-likeness (QED) is 0.195. The number of para-hydroxylation sites is 1. The summed E-state index contributed by atoms with van der Waals surface area (Å²) in [6.45, 7) is 0. The molecule has 9 rings (SSSR count). The van der Waals surface area contributed by atoms with Gasteiger partial charge in [0.05, 0.1) is 32.6 Å². The number of pyridine rings is 3. The third-order valence-electron chi connectivity index (χ3n) is 8.47. The maximum absolute atomic E-state index is 5.00. The Morgan fingerprint density at radius 2 is 1.33 bits per heavy atom. The van der Waals surface area contributed by atoms with Crippen molar-refractivity contribution >= 4 is 43.4 Å². The molecule has 0 unspecified atom stereocenters. The molecule has 46 heavy (non-hydrogen) atoms. The molecule has 4 aromatic carbocycles. The Hall–Kier alpha value is -5.98. The summed E-state index contributed by atoms with van der Waals surface area (Å²) in [4.78, 5) is 18.5. The van der Waals surface area contributed by atoms with Gasteiger partial charge in [-0.15, -0.1) is 11.3 Å². The summed E-state index contributed by atoms with van der Waals surface area (Å²) in [5.41, 5.74) is 11.7. The first-order valence-electron chi connectivity index (χ1n) is 15.1. The molecule has 0 fully saturated rings. The molecule has 9 aromatic rings. The molecule has 5 nitrogen and oxygen atoms in total. The average Bonchev–Trinajstić information content (AvgIpc) is 3.71. The van der Waals surface area contributed by atoms with E-state index in [2.05, 4.69) is 111 Å². The van der Waals surface area contributed by atoms with Crippen molar-refractivity contribution in [2.24, 2.45) is 0 Å². The summed E-state index contributed by atoms with van der Waals surface area (Å²) < 4.78 is 3.57. The van der Waals surface area contributed by atoms with Crippen molar-refractivity contribution in [3.63, 3.8) is 0 Å². The first-order valence-corrected chi connectivity index (χ1v) is 15.9. The summed E-state index contributed by atoms with van der Waals surface area (Å²) in [6, 6.07) is 42.6. The lowest BCUT2D eigenvalue weighted by Crippen LogP contribution is -1.99. The van der Waals surface area contributed by atoms with Crippen LogP contribution in [0.3, 0.4) is 0 Å². The molecule has 0 saturated heterocycles. The fraction of sp³-hybridized carbons (Fsp3) is 0. The number of hydrogen-bond acceptors (Lipinski definition) is 5. The summed E-state index contributed by atoms with van der Waals surface area (Å²) in [5, 5.41) is 3.35. The molecule has 5 heterocycles. The van der Waals surface area contributed by atoms with E-state index in [0.29, 0.717) is 0 Å². The zero-order valence-corrected chi connectivity index (χ0v) is 25.4. The number of aromatic nitrogens is 5. The minimum atomic E-state index is 0.927. The summed E-state index contributed by atoms with van der Waals surface area (Å²) in [7, 11) is 0. The number of rotatable bonds is 5. The summed E-state index contributed by atoms with van der Waals surface area (Å²) in [6.07, 6.45) is 9.32. The van der Waals surface area contributed by atoms with Crippen LogP contribution in [0, 0.1) is 0 Å². The molecule has 0 aliphatic rings. The first kappa shape index (κ1) is 26.4. The maximum Gasteiger partial charge on any atom is 0.124 e. The van der Waals surface area contributed by atoms with Gasteiger partial charge in [0, 0.05) is 69.6 Å².